The van der Waals surface area contributed by atoms with Gasteiger partial charge in [-0.3, -0.25) is 19.5 Å². The van der Waals surface area contributed by atoms with Crippen molar-refractivity contribution in [2.75, 3.05) is 13.7 Å². The number of nitrogens with zero attached hydrogens (tertiary/aromatic N) is 3. The van der Waals surface area contributed by atoms with Crippen molar-refractivity contribution in [3.63, 3.8) is 0 Å². The van der Waals surface area contributed by atoms with Gasteiger partial charge in [0.25, 0.3) is 5.56 Å². The third kappa shape index (κ3) is 4.24. The van der Waals surface area contributed by atoms with Gasteiger partial charge in [0.05, 0.1) is 34.9 Å². The molecular weight excluding hydrogens is 514 g/mol. The van der Waals surface area contributed by atoms with Gasteiger partial charge in [-0.25, -0.2) is 4.99 Å². The van der Waals surface area contributed by atoms with Crippen LogP contribution in [-0.2, 0) is 6.42 Å². The van der Waals surface area contributed by atoms with Gasteiger partial charge in [0.2, 0.25) is 0 Å². The van der Waals surface area contributed by atoms with Gasteiger partial charge in [-0.2, -0.15) is 0 Å². The number of fused-ring (bicyclic) bond motifs is 3. The summed E-state index contributed by atoms with van der Waals surface area (Å²) in [5, 5.41) is 11.6. The lowest BCUT2D eigenvalue weighted by molar-refractivity contribution is -0.385. The first kappa shape index (κ1) is 24.8. The molecule has 1 atom stereocenters. The van der Waals surface area contributed by atoms with Crippen LogP contribution in [0.15, 0.2) is 82.1 Å². The van der Waals surface area contributed by atoms with Gasteiger partial charge in [-0.15, -0.1) is 0 Å². The van der Waals surface area contributed by atoms with E-state index in [1.54, 1.807) is 36.8 Å². The maximum Gasteiger partial charge on any atom is 0.311 e. The number of para-hydroxylation sites is 1. The molecule has 6 rings (SSSR count). The van der Waals surface area contributed by atoms with E-state index in [1.807, 2.05) is 36.4 Å². The molecule has 3 aromatic carbocycles. The Kier molecular flexibility index (Phi) is 6.36. The first-order chi connectivity index (χ1) is 19.0. The number of rotatable bonds is 6. The molecule has 2 aliphatic rings. The van der Waals surface area contributed by atoms with Crippen molar-refractivity contribution in [2.24, 2.45) is 4.99 Å². The number of hydrogen-bond acceptors (Lipinski definition) is 7. The van der Waals surface area contributed by atoms with Gasteiger partial charge in [0.1, 0.15) is 5.75 Å². The summed E-state index contributed by atoms with van der Waals surface area (Å²) in [5.41, 5.74) is 5.39. The Morgan fingerprint density at radius 1 is 1.10 bits per heavy atom. The lowest BCUT2D eigenvalue weighted by atomic mass is 9.83. The summed E-state index contributed by atoms with van der Waals surface area (Å²) in [4.78, 5) is 30.7. The van der Waals surface area contributed by atoms with Crippen LogP contribution in [0.2, 0.25) is 0 Å². The van der Waals surface area contributed by atoms with E-state index in [1.165, 1.54) is 23.0 Å². The normalized spacial score (nSPS) is 16.2. The summed E-state index contributed by atoms with van der Waals surface area (Å²) >= 11 is 1.28. The molecule has 0 fully saturated rings. The summed E-state index contributed by atoms with van der Waals surface area (Å²) in [7, 11) is 1.63. The first-order valence-corrected chi connectivity index (χ1v) is 13.5. The van der Waals surface area contributed by atoms with Crippen molar-refractivity contribution in [2.45, 2.75) is 25.8 Å². The molecule has 0 amide bonds. The maximum atomic E-state index is 14.0. The van der Waals surface area contributed by atoms with Crippen molar-refractivity contribution in [3.05, 3.63) is 124 Å². The average molecular weight is 540 g/mol. The predicted octanol–water partition coefficient (Wildman–Crippen LogP) is 4.63. The van der Waals surface area contributed by atoms with Crippen molar-refractivity contribution in [1.29, 1.82) is 0 Å². The summed E-state index contributed by atoms with van der Waals surface area (Å²) < 4.78 is 13.3. The highest BCUT2D eigenvalue weighted by Gasteiger charge is 2.34. The van der Waals surface area contributed by atoms with Crippen LogP contribution in [0.5, 0.6) is 11.5 Å². The molecule has 4 aromatic rings. The first-order valence-electron chi connectivity index (χ1n) is 12.7. The standard InChI is InChI=1S/C30H25N3O5S/c1-3-38-25-15-12-18(16-23(25)33(35)36)17-26-29(34)32-28(21-10-6-7-11-24(21)37-2)22-14-13-19-8-4-5-9-20(19)27(22)31-30(32)39-26/h4-12,15-17,28H,3,13-14H2,1-2H3. The lowest BCUT2D eigenvalue weighted by Gasteiger charge is -2.31. The largest absolute Gasteiger partial charge is 0.496 e. The molecule has 0 bridgehead atoms. The van der Waals surface area contributed by atoms with Gasteiger partial charge in [0, 0.05) is 17.2 Å². The zero-order valence-electron chi connectivity index (χ0n) is 21.4. The highest BCUT2D eigenvalue weighted by molar-refractivity contribution is 7.07. The Labute approximate surface area is 228 Å². The van der Waals surface area contributed by atoms with Crippen molar-refractivity contribution in [1.82, 2.24) is 4.57 Å². The molecule has 0 saturated heterocycles. The molecule has 1 aliphatic heterocycles. The zero-order valence-corrected chi connectivity index (χ0v) is 22.2. The van der Waals surface area contributed by atoms with Gasteiger partial charge < -0.3 is 9.47 Å². The second-order valence-electron chi connectivity index (χ2n) is 9.27. The zero-order chi connectivity index (χ0) is 27.1. The Balaban J connectivity index is 1.59. The number of nitro groups is 1. The van der Waals surface area contributed by atoms with Gasteiger partial charge >= 0.3 is 5.69 Å². The average Bonchev–Trinajstić information content (AvgIpc) is 3.26. The van der Waals surface area contributed by atoms with E-state index in [0.29, 0.717) is 27.3 Å². The highest BCUT2D eigenvalue weighted by Crippen LogP contribution is 2.43. The fourth-order valence-corrected chi connectivity index (χ4v) is 6.39. The minimum Gasteiger partial charge on any atom is -0.496 e. The second-order valence-corrected chi connectivity index (χ2v) is 10.3. The molecule has 0 N–H and O–H groups in total. The van der Waals surface area contributed by atoms with Crippen molar-refractivity contribution < 1.29 is 14.4 Å². The molecule has 8 nitrogen and oxygen atoms in total. The molecule has 2 heterocycles. The molecule has 0 spiro atoms. The SMILES string of the molecule is CCOc1ccc(C=c2sc3n(c2=O)C(c2ccccc2OC)C2=C(N=3)c3ccccc3CC2)cc1[N+](=O)[O-]. The second kappa shape index (κ2) is 9.99. The number of nitro benzene ring substituents is 1. The summed E-state index contributed by atoms with van der Waals surface area (Å²) in [6.07, 6.45) is 3.31. The molecule has 9 heteroatoms. The fraction of sp³-hybridized carbons (Fsp3) is 0.200. The van der Waals surface area contributed by atoms with Crippen molar-refractivity contribution in [3.8, 4) is 11.5 Å². The van der Waals surface area contributed by atoms with Crippen LogP contribution in [0.1, 0.15) is 41.6 Å². The van der Waals surface area contributed by atoms with E-state index in [9.17, 15) is 14.9 Å². The molecule has 1 aromatic heterocycles. The Morgan fingerprint density at radius 3 is 2.69 bits per heavy atom. The van der Waals surface area contributed by atoms with E-state index in [-0.39, 0.29) is 23.0 Å². The minimum atomic E-state index is -0.475. The van der Waals surface area contributed by atoms with E-state index in [4.69, 9.17) is 14.5 Å². The minimum absolute atomic E-state index is 0.141. The Hall–Kier alpha value is -4.50. The van der Waals surface area contributed by atoms with Crippen LogP contribution >= 0.6 is 11.3 Å². The molecule has 1 unspecified atom stereocenters. The van der Waals surface area contributed by atoms with Gasteiger partial charge in [-0.05, 0) is 54.7 Å². The highest BCUT2D eigenvalue weighted by atomic mass is 32.1. The lowest BCUT2D eigenvalue weighted by Crippen LogP contribution is -2.39. The monoisotopic (exact) mass is 539 g/mol. The Bertz CT molecular complexity index is 1840. The van der Waals surface area contributed by atoms with E-state index in [0.717, 1.165) is 35.2 Å². The molecule has 0 saturated carbocycles. The summed E-state index contributed by atoms with van der Waals surface area (Å²) in [6.45, 7) is 2.09. The number of aromatic nitrogens is 1. The van der Waals surface area contributed by atoms with Crippen LogP contribution in [0.3, 0.4) is 0 Å². The summed E-state index contributed by atoms with van der Waals surface area (Å²) in [6, 6.07) is 20.4. The van der Waals surface area contributed by atoms with Gasteiger partial charge in [-0.1, -0.05) is 59.9 Å². The molecule has 1 aliphatic carbocycles. The molecule has 196 valence electrons. The van der Waals surface area contributed by atoms with Crippen molar-refractivity contribution >= 4 is 28.8 Å². The van der Waals surface area contributed by atoms with Crippen LogP contribution in [-0.4, -0.2) is 23.2 Å². The number of thiazole rings is 1. The van der Waals surface area contributed by atoms with E-state index < -0.39 is 4.92 Å². The number of ether oxygens (including phenoxy) is 2. The molecule has 39 heavy (non-hydrogen) atoms. The van der Waals surface area contributed by atoms with E-state index >= 15 is 0 Å². The predicted molar refractivity (Wildman–Crippen MR) is 150 cm³/mol. The number of benzene rings is 3. The molecular formula is C30H25N3O5S. The number of hydrogen-bond donors (Lipinski definition) is 0. The molecule has 0 radical (unpaired) electrons. The Morgan fingerprint density at radius 2 is 1.90 bits per heavy atom. The quantitative estimate of drug-likeness (QED) is 0.263. The van der Waals surface area contributed by atoms with Crippen LogP contribution in [0.4, 0.5) is 5.69 Å². The summed E-state index contributed by atoms with van der Waals surface area (Å²) in [5.74, 6) is 0.899. The number of aryl methyl sites for hydroxylation is 1. The smallest absolute Gasteiger partial charge is 0.311 e. The third-order valence-corrected chi connectivity index (χ3v) is 8.07. The third-order valence-electron chi connectivity index (χ3n) is 7.08. The van der Waals surface area contributed by atoms with Crippen LogP contribution in [0.25, 0.3) is 11.8 Å². The van der Waals surface area contributed by atoms with Gasteiger partial charge in [0.15, 0.2) is 10.6 Å². The number of allylic oxidation sites excluding steroid dienone is 1. The van der Waals surface area contributed by atoms with E-state index in [2.05, 4.69) is 12.1 Å². The topological polar surface area (TPSA) is 96.0 Å². The fourth-order valence-electron chi connectivity index (χ4n) is 5.39. The van der Waals surface area contributed by atoms with Crippen LogP contribution in [0, 0.1) is 10.1 Å². The maximum absolute atomic E-state index is 14.0. The van der Waals surface area contributed by atoms with Crippen LogP contribution < -0.4 is 24.4 Å². The number of methoxy groups -OCH3 is 1.